The molecule has 1 heterocycles. The van der Waals surface area contributed by atoms with E-state index in [4.69, 9.17) is 0 Å². The first-order valence-electron chi connectivity index (χ1n) is 9.84. The molecule has 0 spiro atoms. The van der Waals surface area contributed by atoms with Gasteiger partial charge >= 0.3 is 0 Å². The number of likely N-dealkylation sites (N-methyl/N-ethyl adjacent to an activating group) is 1. The second-order valence-corrected chi connectivity index (χ2v) is 9.58. The molecule has 0 saturated carbocycles. The van der Waals surface area contributed by atoms with E-state index < -0.39 is 10.0 Å². The first-order chi connectivity index (χ1) is 13.7. The normalized spacial score (nSPS) is 17.4. The molecule has 0 aliphatic carbocycles. The minimum Gasteiger partial charge on any atom is -0.337 e. The van der Waals surface area contributed by atoms with Gasteiger partial charge in [0.2, 0.25) is 0 Å². The third kappa shape index (κ3) is 4.79. The molecule has 1 unspecified atom stereocenters. The molecule has 1 aliphatic heterocycles. The van der Waals surface area contributed by atoms with Crippen molar-refractivity contribution in [3.05, 3.63) is 59.2 Å². The van der Waals surface area contributed by atoms with Gasteiger partial charge in [-0.3, -0.25) is 9.52 Å². The van der Waals surface area contributed by atoms with Crippen LogP contribution in [0.5, 0.6) is 0 Å². The van der Waals surface area contributed by atoms with E-state index in [2.05, 4.69) is 9.62 Å². The third-order valence-electron chi connectivity index (χ3n) is 5.45. The predicted octanol–water partition coefficient (Wildman–Crippen LogP) is 3.27. The molecule has 1 N–H and O–H groups in total. The topological polar surface area (TPSA) is 69.7 Å². The van der Waals surface area contributed by atoms with Crippen LogP contribution in [0, 0.1) is 13.8 Å². The van der Waals surface area contributed by atoms with E-state index in [1.807, 2.05) is 32.0 Å². The van der Waals surface area contributed by atoms with Gasteiger partial charge in [-0.15, -0.1) is 0 Å². The van der Waals surface area contributed by atoms with Crippen LogP contribution < -0.4 is 4.72 Å². The van der Waals surface area contributed by atoms with Gasteiger partial charge in [-0.05, 0) is 70.1 Å². The molecular formula is C22H29N3O3S. The number of hydrogen-bond donors (Lipinski definition) is 1. The number of para-hydroxylation sites is 1. The van der Waals surface area contributed by atoms with Crippen LogP contribution in [0.25, 0.3) is 0 Å². The molecule has 1 saturated heterocycles. The molecule has 2 aromatic rings. The summed E-state index contributed by atoms with van der Waals surface area (Å²) in [7, 11) is 0.231. The highest BCUT2D eigenvalue weighted by Gasteiger charge is 2.28. The number of carbonyl (C=O) groups is 1. The predicted molar refractivity (Wildman–Crippen MR) is 116 cm³/mol. The fourth-order valence-corrected chi connectivity index (χ4v) is 5.10. The van der Waals surface area contributed by atoms with Crippen molar-refractivity contribution in [3.63, 3.8) is 0 Å². The van der Waals surface area contributed by atoms with E-state index in [0.29, 0.717) is 35.9 Å². The van der Waals surface area contributed by atoms with E-state index in [1.165, 1.54) is 0 Å². The molecule has 1 atom stereocenters. The number of benzene rings is 2. The molecular weight excluding hydrogens is 386 g/mol. The summed E-state index contributed by atoms with van der Waals surface area (Å²) in [6, 6.07) is 12.4. The van der Waals surface area contributed by atoms with Gasteiger partial charge in [0, 0.05) is 19.1 Å². The highest BCUT2D eigenvalue weighted by molar-refractivity contribution is 7.92. The maximum Gasteiger partial charge on any atom is 0.262 e. The Morgan fingerprint density at radius 3 is 2.59 bits per heavy atom. The number of nitrogens with one attached hydrogen (secondary N) is 1. The van der Waals surface area contributed by atoms with Gasteiger partial charge in [0.1, 0.15) is 0 Å². The minimum absolute atomic E-state index is 0.143. The quantitative estimate of drug-likeness (QED) is 0.814. The molecule has 1 aliphatic rings. The maximum atomic E-state index is 13.2. The number of aryl methyl sites for hydroxylation is 2. The number of rotatable bonds is 5. The van der Waals surface area contributed by atoms with Crippen molar-refractivity contribution in [2.75, 3.05) is 31.9 Å². The summed E-state index contributed by atoms with van der Waals surface area (Å²) in [5.74, 6) is -0.143. The van der Waals surface area contributed by atoms with E-state index in [1.54, 1.807) is 43.3 Å². The van der Waals surface area contributed by atoms with Crippen molar-refractivity contribution in [2.24, 2.45) is 0 Å². The Kier molecular flexibility index (Phi) is 6.29. The summed E-state index contributed by atoms with van der Waals surface area (Å²) in [6.07, 6.45) is 1.99. The Balaban J connectivity index is 1.89. The van der Waals surface area contributed by atoms with Crippen LogP contribution in [0.3, 0.4) is 0 Å². The molecule has 1 amide bonds. The Morgan fingerprint density at radius 1 is 1.14 bits per heavy atom. The van der Waals surface area contributed by atoms with Gasteiger partial charge in [0.15, 0.2) is 0 Å². The van der Waals surface area contributed by atoms with Crippen molar-refractivity contribution in [2.45, 2.75) is 37.6 Å². The first-order valence-corrected chi connectivity index (χ1v) is 11.3. The minimum atomic E-state index is -3.81. The average molecular weight is 416 g/mol. The monoisotopic (exact) mass is 415 g/mol. The maximum absolute atomic E-state index is 13.2. The second-order valence-electron chi connectivity index (χ2n) is 7.93. The zero-order valence-electron chi connectivity index (χ0n) is 17.5. The fraction of sp³-hybridized carbons (Fsp3) is 0.409. The highest BCUT2D eigenvalue weighted by Crippen LogP contribution is 2.25. The van der Waals surface area contributed by atoms with Crippen LogP contribution >= 0.6 is 0 Å². The zero-order chi connectivity index (χ0) is 21.2. The number of likely N-dealkylation sites (tertiary alicyclic amines) is 1. The summed E-state index contributed by atoms with van der Waals surface area (Å²) >= 11 is 0. The van der Waals surface area contributed by atoms with Gasteiger partial charge < -0.3 is 9.80 Å². The summed E-state index contributed by atoms with van der Waals surface area (Å²) in [5, 5.41) is 0. The standard InChI is InChI=1S/C22H29N3O3S/c1-16-11-12-17(2)21(14-16)29(27,28)23-20-10-6-5-9-19(20)22(26)25-13-7-8-18(15-25)24(3)4/h5-6,9-12,14,18,23H,7-8,13,15H2,1-4H3. The van der Waals surface area contributed by atoms with E-state index in [-0.39, 0.29) is 10.8 Å². The number of amides is 1. The average Bonchev–Trinajstić information content (AvgIpc) is 2.69. The number of anilines is 1. The summed E-state index contributed by atoms with van der Waals surface area (Å²) in [4.78, 5) is 17.4. The van der Waals surface area contributed by atoms with Crippen LogP contribution in [0.15, 0.2) is 47.4 Å². The molecule has 0 radical (unpaired) electrons. The second kappa shape index (κ2) is 8.55. The molecule has 2 aromatic carbocycles. The molecule has 156 valence electrons. The van der Waals surface area contributed by atoms with Crippen molar-refractivity contribution < 1.29 is 13.2 Å². The van der Waals surface area contributed by atoms with Crippen LogP contribution in [-0.4, -0.2) is 57.4 Å². The lowest BCUT2D eigenvalue weighted by molar-refractivity contribution is 0.0636. The zero-order valence-corrected chi connectivity index (χ0v) is 18.3. The van der Waals surface area contributed by atoms with E-state index in [9.17, 15) is 13.2 Å². The van der Waals surface area contributed by atoms with Crippen LogP contribution in [-0.2, 0) is 10.0 Å². The lowest BCUT2D eigenvalue weighted by atomic mass is 10.0. The Bertz CT molecular complexity index is 1000. The largest absolute Gasteiger partial charge is 0.337 e. The Morgan fingerprint density at radius 2 is 1.86 bits per heavy atom. The van der Waals surface area contributed by atoms with Gasteiger partial charge in [-0.2, -0.15) is 0 Å². The number of sulfonamides is 1. The molecule has 6 nitrogen and oxygen atoms in total. The van der Waals surface area contributed by atoms with Crippen molar-refractivity contribution in [1.29, 1.82) is 0 Å². The lowest BCUT2D eigenvalue weighted by Gasteiger charge is -2.36. The van der Waals surface area contributed by atoms with E-state index in [0.717, 1.165) is 18.4 Å². The summed E-state index contributed by atoms with van der Waals surface area (Å²) in [6.45, 7) is 4.94. The summed E-state index contributed by atoms with van der Waals surface area (Å²) < 4.78 is 28.7. The molecule has 7 heteroatoms. The SMILES string of the molecule is Cc1ccc(C)c(S(=O)(=O)Nc2ccccc2C(=O)N2CCCC(N(C)C)C2)c1. The van der Waals surface area contributed by atoms with Crippen LogP contribution in [0.2, 0.25) is 0 Å². The fourth-order valence-electron chi connectivity index (χ4n) is 3.69. The molecule has 0 bridgehead atoms. The van der Waals surface area contributed by atoms with Crippen molar-refractivity contribution in [1.82, 2.24) is 9.80 Å². The van der Waals surface area contributed by atoms with Gasteiger partial charge in [-0.1, -0.05) is 24.3 Å². The van der Waals surface area contributed by atoms with Crippen molar-refractivity contribution in [3.8, 4) is 0 Å². The highest BCUT2D eigenvalue weighted by atomic mass is 32.2. The number of nitrogens with zero attached hydrogens (tertiary/aromatic N) is 2. The van der Waals surface area contributed by atoms with Crippen LogP contribution in [0.4, 0.5) is 5.69 Å². The number of hydrogen-bond acceptors (Lipinski definition) is 4. The van der Waals surface area contributed by atoms with Gasteiger partial charge in [0.25, 0.3) is 15.9 Å². The first kappa shape index (κ1) is 21.3. The lowest BCUT2D eigenvalue weighted by Crippen LogP contribution is -2.47. The Hall–Kier alpha value is -2.38. The number of piperidine rings is 1. The van der Waals surface area contributed by atoms with Crippen molar-refractivity contribution >= 4 is 21.6 Å². The van der Waals surface area contributed by atoms with E-state index >= 15 is 0 Å². The molecule has 1 fully saturated rings. The number of carbonyl (C=O) groups excluding carboxylic acids is 1. The van der Waals surface area contributed by atoms with Gasteiger partial charge in [0.05, 0.1) is 16.1 Å². The molecule has 0 aromatic heterocycles. The Labute approximate surface area is 173 Å². The smallest absolute Gasteiger partial charge is 0.262 e. The van der Waals surface area contributed by atoms with Crippen LogP contribution in [0.1, 0.15) is 34.3 Å². The molecule has 3 rings (SSSR count). The molecule has 29 heavy (non-hydrogen) atoms. The third-order valence-corrected chi connectivity index (χ3v) is 6.96. The summed E-state index contributed by atoms with van der Waals surface area (Å²) in [5.41, 5.74) is 2.21. The van der Waals surface area contributed by atoms with Gasteiger partial charge in [-0.25, -0.2) is 8.42 Å².